The smallest absolute Gasteiger partial charge is 0.0343 e. The van der Waals surface area contributed by atoms with Crippen LogP contribution in [0.5, 0.6) is 0 Å². The van der Waals surface area contributed by atoms with E-state index < -0.39 is 0 Å². The van der Waals surface area contributed by atoms with Crippen LogP contribution in [0.2, 0.25) is 0 Å². The van der Waals surface area contributed by atoms with E-state index in [1.54, 1.807) is 0 Å². The van der Waals surface area contributed by atoms with E-state index in [4.69, 9.17) is 0 Å². The second-order valence-corrected chi connectivity index (χ2v) is 4.08. The highest BCUT2D eigenvalue weighted by Gasteiger charge is 2.31. The molecule has 0 amide bonds. The number of rotatable bonds is 0. The monoisotopic (exact) mass is 163 g/mol. The molecule has 2 rings (SSSR count). The number of nitrogens with zero attached hydrogens (tertiary/aromatic N) is 1. The lowest BCUT2D eigenvalue weighted by atomic mass is 9.79. The number of hydrogen-bond donors (Lipinski definition) is 0. The van der Waals surface area contributed by atoms with E-state index in [9.17, 15) is 0 Å². The third kappa shape index (κ3) is 1.22. The molecule has 1 aliphatic carbocycles. The fourth-order valence-corrected chi connectivity index (χ4v) is 2.33. The van der Waals surface area contributed by atoms with Crippen LogP contribution in [0.3, 0.4) is 0 Å². The largest absolute Gasteiger partial charge is 0.299 e. The Balaban J connectivity index is 2.18. The summed E-state index contributed by atoms with van der Waals surface area (Å²) >= 11 is 0. The first kappa shape index (κ1) is 8.06. The summed E-state index contributed by atoms with van der Waals surface area (Å²) in [4.78, 5) is 2.46. The molecule has 1 fully saturated rings. The molecule has 0 aromatic carbocycles. The van der Waals surface area contributed by atoms with Crippen LogP contribution in [-0.2, 0) is 0 Å². The first-order valence-corrected chi connectivity index (χ1v) is 4.84. The molecule has 0 unspecified atom stereocenters. The van der Waals surface area contributed by atoms with E-state index in [0.717, 1.165) is 11.8 Å². The molecule has 0 aromatic rings. The maximum atomic E-state index is 2.46. The molecule has 1 heterocycles. The normalized spacial score (nSPS) is 41.3. The summed E-state index contributed by atoms with van der Waals surface area (Å²) in [6.45, 7) is 3.62. The third-order valence-corrected chi connectivity index (χ3v) is 3.25. The summed E-state index contributed by atoms with van der Waals surface area (Å²) in [7, 11) is 2.23. The summed E-state index contributed by atoms with van der Waals surface area (Å²) in [5.74, 6) is 1.61. The lowest BCUT2D eigenvalue weighted by molar-refractivity contribution is 0.133. The second kappa shape index (κ2) is 3.06. The van der Waals surface area contributed by atoms with Gasteiger partial charge in [0.2, 0.25) is 0 Å². The highest BCUT2D eigenvalue weighted by atomic mass is 15.1. The Morgan fingerprint density at radius 1 is 1.25 bits per heavy atom. The quantitative estimate of drug-likeness (QED) is 0.528. The van der Waals surface area contributed by atoms with Crippen molar-refractivity contribution in [3.05, 3.63) is 24.3 Å². The van der Waals surface area contributed by atoms with Gasteiger partial charge in [0.25, 0.3) is 0 Å². The van der Waals surface area contributed by atoms with Crippen LogP contribution in [0.25, 0.3) is 0 Å². The fraction of sp³-hybridized carbons (Fsp3) is 0.636. The third-order valence-electron chi connectivity index (χ3n) is 3.25. The molecule has 1 nitrogen and oxygen atoms in total. The molecule has 2 aliphatic rings. The predicted octanol–water partition coefficient (Wildman–Crippen LogP) is 2.07. The van der Waals surface area contributed by atoms with Crippen molar-refractivity contribution in [3.8, 4) is 0 Å². The zero-order valence-corrected chi connectivity index (χ0v) is 7.90. The lowest BCUT2D eigenvalue weighted by Gasteiger charge is -2.41. The van der Waals surface area contributed by atoms with Crippen molar-refractivity contribution in [2.45, 2.75) is 19.4 Å². The minimum atomic E-state index is 0.666. The van der Waals surface area contributed by atoms with Crippen LogP contribution >= 0.6 is 0 Å². The van der Waals surface area contributed by atoms with Crippen molar-refractivity contribution in [2.75, 3.05) is 13.6 Å². The first-order valence-electron chi connectivity index (χ1n) is 4.84. The highest BCUT2D eigenvalue weighted by Crippen LogP contribution is 2.31. The summed E-state index contributed by atoms with van der Waals surface area (Å²) in [6.07, 6.45) is 10.4. The van der Waals surface area contributed by atoms with Gasteiger partial charge in [-0.05, 0) is 31.8 Å². The second-order valence-electron chi connectivity index (χ2n) is 4.08. The number of hydrogen-bond acceptors (Lipinski definition) is 1. The molecule has 0 spiro atoms. The van der Waals surface area contributed by atoms with Crippen molar-refractivity contribution in [3.63, 3.8) is 0 Å². The molecule has 0 bridgehead atoms. The zero-order valence-electron chi connectivity index (χ0n) is 7.90. The Hall–Kier alpha value is -0.560. The number of fused-ring (bicyclic) bond motifs is 1. The SMILES string of the molecule is C[C@@H]1CCN(C)[C@H]2C=CC=C[C@H]12. The van der Waals surface area contributed by atoms with Crippen molar-refractivity contribution in [1.29, 1.82) is 0 Å². The van der Waals surface area contributed by atoms with Gasteiger partial charge in [0.1, 0.15) is 0 Å². The van der Waals surface area contributed by atoms with E-state index >= 15 is 0 Å². The summed E-state index contributed by atoms with van der Waals surface area (Å²) in [6, 6.07) is 0.666. The van der Waals surface area contributed by atoms with Crippen LogP contribution in [0.1, 0.15) is 13.3 Å². The topological polar surface area (TPSA) is 3.24 Å². The Morgan fingerprint density at radius 2 is 2.00 bits per heavy atom. The molecule has 0 aromatic heterocycles. The lowest BCUT2D eigenvalue weighted by Crippen LogP contribution is -2.45. The zero-order chi connectivity index (χ0) is 8.55. The molecular weight excluding hydrogens is 146 g/mol. The van der Waals surface area contributed by atoms with Crippen LogP contribution in [-0.4, -0.2) is 24.5 Å². The molecule has 0 N–H and O–H groups in total. The van der Waals surface area contributed by atoms with Gasteiger partial charge in [0.05, 0.1) is 0 Å². The van der Waals surface area contributed by atoms with Crippen LogP contribution in [0, 0.1) is 11.8 Å². The van der Waals surface area contributed by atoms with Crippen LogP contribution in [0.4, 0.5) is 0 Å². The van der Waals surface area contributed by atoms with Crippen LogP contribution in [0.15, 0.2) is 24.3 Å². The predicted molar refractivity (Wildman–Crippen MR) is 52.0 cm³/mol. The molecule has 12 heavy (non-hydrogen) atoms. The maximum absolute atomic E-state index is 2.46. The van der Waals surface area contributed by atoms with Gasteiger partial charge in [-0.2, -0.15) is 0 Å². The molecule has 0 saturated carbocycles. The van der Waals surface area contributed by atoms with E-state index in [-0.39, 0.29) is 0 Å². The summed E-state index contributed by atoms with van der Waals surface area (Å²) in [5.41, 5.74) is 0. The van der Waals surface area contributed by atoms with Crippen molar-refractivity contribution < 1.29 is 0 Å². The summed E-state index contributed by atoms with van der Waals surface area (Å²) in [5, 5.41) is 0. The van der Waals surface area contributed by atoms with Gasteiger partial charge in [-0.1, -0.05) is 31.2 Å². The molecule has 1 saturated heterocycles. The van der Waals surface area contributed by atoms with E-state index in [0.29, 0.717) is 6.04 Å². The Morgan fingerprint density at radius 3 is 2.75 bits per heavy atom. The number of allylic oxidation sites excluding steroid dienone is 2. The van der Waals surface area contributed by atoms with Crippen molar-refractivity contribution in [2.24, 2.45) is 11.8 Å². The summed E-state index contributed by atoms with van der Waals surface area (Å²) < 4.78 is 0. The minimum Gasteiger partial charge on any atom is -0.299 e. The van der Waals surface area contributed by atoms with Gasteiger partial charge in [-0.15, -0.1) is 0 Å². The number of piperidine rings is 1. The van der Waals surface area contributed by atoms with Gasteiger partial charge in [0.15, 0.2) is 0 Å². The average molecular weight is 163 g/mol. The van der Waals surface area contributed by atoms with Gasteiger partial charge in [-0.25, -0.2) is 0 Å². The minimum absolute atomic E-state index is 0.666. The van der Waals surface area contributed by atoms with Gasteiger partial charge in [0, 0.05) is 6.04 Å². The average Bonchev–Trinajstić information content (AvgIpc) is 2.12. The Kier molecular flexibility index (Phi) is 2.05. The standard InChI is InChI=1S/C11H17N/c1-9-7-8-12(2)11-6-4-3-5-10(9)11/h3-6,9-11H,7-8H2,1-2H3/t9-,10-,11+/m1/s1. The molecular formula is C11H17N. The Bertz CT molecular complexity index is 193. The van der Waals surface area contributed by atoms with Gasteiger partial charge >= 0.3 is 0 Å². The first-order chi connectivity index (χ1) is 5.79. The van der Waals surface area contributed by atoms with E-state index in [2.05, 4.69) is 43.2 Å². The number of likely N-dealkylation sites (tertiary alicyclic amines) is 1. The van der Waals surface area contributed by atoms with Crippen LogP contribution < -0.4 is 0 Å². The molecule has 1 aliphatic heterocycles. The van der Waals surface area contributed by atoms with E-state index in [1.807, 2.05) is 0 Å². The molecule has 66 valence electrons. The molecule has 1 heteroatoms. The van der Waals surface area contributed by atoms with Gasteiger partial charge < -0.3 is 0 Å². The van der Waals surface area contributed by atoms with Crippen molar-refractivity contribution >= 4 is 0 Å². The maximum Gasteiger partial charge on any atom is 0.0343 e. The molecule has 0 radical (unpaired) electrons. The van der Waals surface area contributed by atoms with Crippen molar-refractivity contribution in [1.82, 2.24) is 4.90 Å². The fourth-order valence-electron chi connectivity index (χ4n) is 2.33. The van der Waals surface area contributed by atoms with E-state index in [1.165, 1.54) is 13.0 Å². The number of likely N-dealkylation sites (N-methyl/N-ethyl adjacent to an activating group) is 1. The Labute approximate surface area is 74.8 Å². The molecule has 3 atom stereocenters. The van der Waals surface area contributed by atoms with Gasteiger partial charge in [-0.3, -0.25) is 4.90 Å². The highest BCUT2D eigenvalue weighted by molar-refractivity contribution is 5.19.